The van der Waals surface area contributed by atoms with Crippen molar-refractivity contribution in [2.75, 3.05) is 6.54 Å². The molecule has 2 aromatic rings. The van der Waals surface area contributed by atoms with Crippen molar-refractivity contribution in [1.29, 1.82) is 0 Å². The SMILES string of the molecule is CCCCNCc1nn(-c2ccccc2Cl)c(=O)cc1O. The van der Waals surface area contributed by atoms with Gasteiger partial charge in [0.05, 0.1) is 10.7 Å². The number of para-hydroxylation sites is 1. The van der Waals surface area contributed by atoms with Crippen LogP contribution in [0.25, 0.3) is 5.69 Å². The minimum absolute atomic E-state index is 0.104. The first kappa shape index (κ1) is 15.5. The number of hydrogen-bond donors (Lipinski definition) is 2. The van der Waals surface area contributed by atoms with Gasteiger partial charge in [-0.3, -0.25) is 4.79 Å². The molecule has 0 aliphatic rings. The lowest BCUT2D eigenvalue weighted by Crippen LogP contribution is -2.24. The van der Waals surface area contributed by atoms with Crippen molar-refractivity contribution in [1.82, 2.24) is 15.1 Å². The van der Waals surface area contributed by atoms with E-state index in [1.807, 2.05) is 0 Å². The average Bonchev–Trinajstić information content (AvgIpc) is 2.46. The molecule has 0 atom stereocenters. The van der Waals surface area contributed by atoms with E-state index in [1.54, 1.807) is 24.3 Å². The Morgan fingerprint density at radius 1 is 1.38 bits per heavy atom. The van der Waals surface area contributed by atoms with E-state index < -0.39 is 5.56 Å². The van der Waals surface area contributed by atoms with Gasteiger partial charge in [-0.1, -0.05) is 37.1 Å². The van der Waals surface area contributed by atoms with Gasteiger partial charge in [0.2, 0.25) is 0 Å². The normalized spacial score (nSPS) is 10.8. The summed E-state index contributed by atoms with van der Waals surface area (Å²) < 4.78 is 1.21. The lowest BCUT2D eigenvalue weighted by molar-refractivity contribution is 0.451. The van der Waals surface area contributed by atoms with Crippen LogP contribution >= 0.6 is 11.6 Å². The van der Waals surface area contributed by atoms with E-state index in [1.165, 1.54) is 4.68 Å². The number of aromatic hydroxyl groups is 1. The van der Waals surface area contributed by atoms with Crippen LogP contribution in [0, 0.1) is 0 Å². The fraction of sp³-hybridized carbons (Fsp3) is 0.333. The first-order valence-corrected chi connectivity index (χ1v) is 7.29. The van der Waals surface area contributed by atoms with Crippen LogP contribution in [0.2, 0.25) is 5.02 Å². The molecule has 2 rings (SSSR count). The fourth-order valence-electron chi connectivity index (χ4n) is 1.91. The van der Waals surface area contributed by atoms with Crippen LogP contribution in [0.3, 0.4) is 0 Å². The lowest BCUT2D eigenvalue weighted by atomic mass is 10.3. The molecule has 2 N–H and O–H groups in total. The molecule has 0 aliphatic carbocycles. The summed E-state index contributed by atoms with van der Waals surface area (Å²) in [5.74, 6) is -0.104. The van der Waals surface area contributed by atoms with Crippen molar-refractivity contribution in [3.8, 4) is 11.4 Å². The van der Waals surface area contributed by atoms with E-state index in [2.05, 4.69) is 17.3 Å². The van der Waals surface area contributed by atoms with E-state index in [0.717, 1.165) is 25.5 Å². The Kier molecular flexibility index (Phi) is 5.36. The number of nitrogens with one attached hydrogen (secondary N) is 1. The second-order valence-corrected chi connectivity index (χ2v) is 5.12. The van der Waals surface area contributed by atoms with Crippen LogP contribution < -0.4 is 10.9 Å². The molecule has 112 valence electrons. The fourth-order valence-corrected chi connectivity index (χ4v) is 2.13. The van der Waals surface area contributed by atoms with E-state index in [4.69, 9.17) is 11.6 Å². The van der Waals surface area contributed by atoms with E-state index in [0.29, 0.717) is 22.9 Å². The standard InChI is InChI=1S/C15H18ClN3O2/c1-2-3-8-17-10-12-14(20)9-15(21)19(18-12)13-7-5-4-6-11(13)16/h4-7,9,17,20H,2-3,8,10H2,1H3. The van der Waals surface area contributed by atoms with Crippen molar-refractivity contribution in [3.05, 3.63) is 51.4 Å². The minimum atomic E-state index is -0.419. The third-order valence-corrected chi connectivity index (χ3v) is 3.39. The summed E-state index contributed by atoms with van der Waals surface area (Å²) in [6.45, 7) is 3.34. The highest BCUT2D eigenvalue weighted by Crippen LogP contribution is 2.19. The van der Waals surface area contributed by atoms with Crippen LogP contribution in [0.15, 0.2) is 35.1 Å². The van der Waals surface area contributed by atoms with Crippen LogP contribution in [-0.2, 0) is 6.54 Å². The van der Waals surface area contributed by atoms with E-state index in [-0.39, 0.29) is 5.75 Å². The van der Waals surface area contributed by atoms with E-state index in [9.17, 15) is 9.90 Å². The number of benzene rings is 1. The largest absolute Gasteiger partial charge is 0.506 e. The molecule has 0 radical (unpaired) electrons. The maximum Gasteiger partial charge on any atom is 0.275 e. The van der Waals surface area contributed by atoms with Gasteiger partial charge in [-0.25, -0.2) is 0 Å². The van der Waals surface area contributed by atoms with Crippen LogP contribution in [0.1, 0.15) is 25.5 Å². The van der Waals surface area contributed by atoms with Gasteiger partial charge < -0.3 is 10.4 Å². The van der Waals surface area contributed by atoms with Crippen molar-refractivity contribution in [2.45, 2.75) is 26.3 Å². The molecule has 0 aliphatic heterocycles. The van der Waals surface area contributed by atoms with Gasteiger partial charge in [0.15, 0.2) is 0 Å². The van der Waals surface area contributed by atoms with Gasteiger partial charge >= 0.3 is 0 Å². The summed E-state index contributed by atoms with van der Waals surface area (Å²) >= 11 is 6.09. The van der Waals surface area contributed by atoms with Gasteiger partial charge in [0.25, 0.3) is 5.56 Å². The topological polar surface area (TPSA) is 67.2 Å². The molecular formula is C15H18ClN3O2. The lowest BCUT2D eigenvalue weighted by Gasteiger charge is -2.10. The Morgan fingerprint density at radius 2 is 2.14 bits per heavy atom. The monoisotopic (exact) mass is 307 g/mol. The van der Waals surface area contributed by atoms with Crippen molar-refractivity contribution >= 4 is 11.6 Å². The summed E-state index contributed by atoms with van der Waals surface area (Å²) in [5.41, 5.74) is 0.502. The molecule has 1 aromatic carbocycles. The Hall–Kier alpha value is -1.85. The maximum absolute atomic E-state index is 12.0. The van der Waals surface area contributed by atoms with Crippen LogP contribution in [0.4, 0.5) is 0 Å². The number of hydrogen-bond acceptors (Lipinski definition) is 4. The highest BCUT2D eigenvalue weighted by atomic mass is 35.5. The Labute approximate surface area is 128 Å². The number of aromatic nitrogens is 2. The summed E-state index contributed by atoms with van der Waals surface area (Å²) in [6, 6.07) is 8.12. The summed E-state index contributed by atoms with van der Waals surface area (Å²) in [7, 11) is 0. The van der Waals surface area contributed by atoms with Gasteiger partial charge in [-0.05, 0) is 25.1 Å². The smallest absolute Gasteiger partial charge is 0.275 e. The second kappa shape index (κ2) is 7.24. The highest BCUT2D eigenvalue weighted by Gasteiger charge is 2.11. The number of rotatable bonds is 6. The summed E-state index contributed by atoms with van der Waals surface area (Å²) in [5, 5.41) is 17.7. The molecule has 1 heterocycles. The van der Waals surface area contributed by atoms with Crippen molar-refractivity contribution in [3.63, 3.8) is 0 Å². The van der Waals surface area contributed by atoms with E-state index >= 15 is 0 Å². The third kappa shape index (κ3) is 3.83. The molecule has 0 saturated carbocycles. The molecule has 0 fully saturated rings. The Balaban J connectivity index is 2.31. The minimum Gasteiger partial charge on any atom is -0.506 e. The number of nitrogens with zero attached hydrogens (tertiary/aromatic N) is 2. The van der Waals surface area contributed by atoms with Gasteiger partial charge in [0, 0.05) is 12.6 Å². The number of halogens is 1. The zero-order chi connectivity index (χ0) is 15.2. The van der Waals surface area contributed by atoms with Crippen molar-refractivity contribution < 1.29 is 5.11 Å². The molecular weight excluding hydrogens is 290 g/mol. The van der Waals surface area contributed by atoms with Gasteiger partial charge in [-0.15, -0.1) is 0 Å². The summed E-state index contributed by atoms with van der Waals surface area (Å²) in [6.07, 6.45) is 2.14. The Morgan fingerprint density at radius 3 is 2.86 bits per heavy atom. The summed E-state index contributed by atoms with van der Waals surface area (Å²) in [4.78, 5) is 12.0. The Bertz CT molecular complexity index is 670. The maximum atomic E-state index is 12.0. The van der Waals surface area contributed by atoms with Gasteiger partial charge in [0.1, 0.15) is 11.4 Å². The molecule has 6 heteroatoms. The second-order valence-electron chi connectivity index (χ2n) is 4.71. The van der Waals surface area contributed by atoms with Gasteiger partial charge in [-0.2, -0.15) is 9.78 Å². The first-order chi connectivity index (χ1) is 10.1. The highest BCUT2D eigenvalue weighted by molar-refractivity contribution is 6.32. The molecule has 0 unspecified atom stereocenters. The first-order valence-electron chi connectivity index (χ1n) is 6.91. The number of unbranched alkanes of at least 4 members (excludes halogenated alkanes) is 1. The predicted molar refractivity (Wildman–Crippen MR) is 83.1 cm³/mol. The molecule has 0 spiro atoms. The third-order valence-electron chi connectivity index (χ3n) is 3.07. The van der Waals surface area contributed by atoms with Crippen LogP contribution in [-0.4, -0.2) is 21.4 Å². The molecule has 0 bridgehead atoms. The molecule has 21 heavy (non-hydrogen) atoms. The molecule has 5 nitrogen and oxygen atoms in total. The quantitative estimate of drug-likeness (QED) is 0.805. The zero-order valence-corrected chi connectivity index (χ0v) is 12.6. The predicted octanol–water partition coefficient (Wildman–Crippen LogP) is 2.48. The molecule has 0 saturated heterocycles. The zero-order valence-electron chi connectivity index (χ0n) is 11.8. The molecule has 1 aromatic heterocycles. The molecule has 0 amide bonds. The average molecular weight is 308 g/mol. The van der Waals surface area contributed by atoms with Crippen LogP contribution in [0.5, 0.6) is 5.75 Å². The van der Waals surface area contributed by atoms with Crippen molar-refractivity contribution in [2.24, 2.45) is 0 Å².